The summed E-state index contributed by atoms with van der Waals surface area (Å²) in [7, 11) is 0. The maximum absolute atomic E-state index is 13.3. The minimum Gasteiger partial charge on any atom is -0.234 e. The van der Waals surface area contributed by atoms with E-state index in [4.69, 9.17) is 0 Å². The first-order valence-corrected chi connectivity index (χ1v) is 11.0. The molecule has 0 bridgehead atoms. The minimum absolute atomic E-state index is 0.0419. The monoisotopic (exact) mass is 776 g/mol. The van der Waals surface area contributed by atoms with Crippen LogP contribution in [0.3, 0.4) is 0 Å². The van der Waals surface area contributed by atoms with Gasteiger partial charge in [-0.2, -0.15) is 79.0 Å². The molecule has 0 aromatic carbocycles. The minimum atomic E-state index is -6.40. The van der Waals surface area contributed by atoms with Crippen LogP contribution in [0.2, 0.25) is 0 Å². The van der Waals surface area contributed by atoms with Crippen molar-refractivity contribution in [2.75, 3.05) is 0 Å². The SMILES string of the molecule is CC(F)(/C=C/CC(F)(C(F)(F)F)C(F)(F)F)C(F)(F)F.CC(F)(CC(I)CC(F)(C(F)(F)F)C(F)(F)F)C(F)(F)F. The molecule has 0 saturated carbocycles. The molecule has 0 amide bonds. The van der Waals surface area contributed by atoms with Crippen molar-refractivity contribution in [3.63, 3.8) is 0 Å². The van der Waals surface area contributed by atoms with Crippen LogP contribution in [0.5, 0.6) is 0 Å². The lowest BCUT2D eigenvalue weighted by Crippen LogP contribution is -2.55. The van der Waals surface area contributed by atoms with Gasteiger partial charge in [0.15, 0.2) is 0 Å². The molecule has 0 aliphatic carbocycles. The van der Waals surface area contributed by atoms with Crippen LogP contribution in [0.4, 0.5) is 96.6 Å². The Bertz CT molecular complexity index is 819. The average Bonchev–Trinajstić information content (AvgIpc) is 2.62. The van der Waals surface area contributed by atoms with Crippen molar-refractivity contribution in [2.45, 2.75) is 96.8 Å². The summed E-state index contributed by atoms with van der Waals surface area (Å²) < 4.78 is 268. The molecular formula is C18H15F22I. The topological polar surface area (TPSA) is 0 Å². The molecule has 0 N–H and O–H groups in total. The molecule has 0 aliphatic rings. The highest BCUT2D eigenvalue weighted by molar-refractivity contribution is 14.1. The normalized spacial score (nSPS) is 18.9. The summed E-state index contributed by atoms with van der Waals surface area (Å²) in [5.41, 5.74) is -19.7. The van der Waals surface area contributed by atoms with Crippen LogP contribution in [0.1, 0.15) is 33.1 Å². The summed E-state index contributed by atoms with van der Waals surface area (Å²) in [6.07, 6.45) is -44.3. The summed E-state index contributed by atoms with van der Waals surface area (Å²) in [5, 5.41) is 0. The van der Waals surface area contributed by atoms with E-state index in [-0.39, 0.29) is 13.8 Å². The highest BCUT2D eigenvalue weighted by Gasteiger charge is 2.73. The number of rotatable bonds is 7. The third-order valence-corrected chi connectivity index (χ3v) is 5.76. The molecule has 41 heavy (non-hydrogen) atoms. The van der Waals surface area contributed by atoms with Crippen molar-refractivity contribution >= 4 is 22.6 Å². The zero-order valence-electron chi connectivity index (χ0n) is 19.5. The summed E-state index contributed by atoms with van der Waals surface area (Å²) in [4.78, 5) is 0. The molecular weight excluding hydrogens is 761 g/mol. The summed E-state index contributed by atoms with van der Waals surface area (Å²) in [6, 6.07) is 0. The van der Waals surface area contributed by atoms with Crippen molar-refractivity contribution < 1.29 is 96.6 Å². The Hall–Kier alpha value is -1.07. The van der Waals surface area contributed by atoms with Crippen molar-refractivity contribution in [3.8, 4) is 0 Å². The van der Waals surface area contributed by atoms with Gasteiger partial charge in [0.1, 0.15) is 0 Å². The van der Waals surface area contributed by atoms with Gasteiger partial charge in [-0.25, -0.2) is 17.6 Å². The van der Waals surface area contributed by atoms with Gasteiger partial charge in [0.05, 0.1) is 0 Å². The van der Waals surface area contributed by atoms with Crippen molar-refractivity contribution in [3.05, 3.63) is 12.2 Å². The molecule has 23 heteroatoms. The third kappa shape index (κ3) is 10.6. The van der Waals surface area contributed by atoms with E-state index in [1.165, 1.54) is 0 Å². The van der Waals surface area contributed by atoms with Crippen LogP contribution in [0, 0.1) is 0 Å². The van der Waals surface area contributed by atoms with Crippen molar-refractivity contribution in [2.24, 2.45) is 0 Å². The fraction of sp³-hybridized carbons (Fsp3) is 0.889. The van der Waals surface area contributed by atoms with Crippen LogP contribution in [0.15, 0.2) is 12.2 Å². The Kier molecular flexibility index (Phi) is 12.8. The second-order valence-electron chi connectivity index (χ2n) is 8.47. The van der Waals surface area contributed by atoms with Gasteiger partial charge in [-0.3, -0.25) is 0 Å². The molecule has 0 heterocycles. The molecule has 0 aromatic heterocycles. The zero-order chi connectivity index (χ0) is 34.1. The molecule has 0 aromatic rings. The predicted octanol–water partition coefficient (Wildman–Crippen LogP) is 10.7. The first-order valence-electron chi connectivity index (χ1n) is 9.78. The highest BCUT2D eigenvalue weighted by Crippen LogP contribution is 2.52. The number of allylic oxidation sites excluding steroid dienone is 2. The average molecular weight is 776 g/mol. The smallest absolute Gasteiger partial charge is 0.234 e. The van der Waals surface area contributed by atoms with Gasteiger partial charge < -0.3 is 0 Å². The van der Waals surface area contributed by atoms with E-state index in [1.54, 1.807) is 0 Å². The third-order valence-electron chi connectivity index (χ3n) is 4.88. The van der Waals surface area contributed by atoms with Crippen molar-refractivity contribution in [1.29, 1.82) is 0 Å². The van der Waals surface area contributed by atoms with E-state index in [0.717, 1.165) is 22.6 Å². The fourth-order valence-corrected chi connectivity index (χ4v) is 3.66. The number of hydrogen-bond acceptors (Lipinski definition) is 0. The van der Waals surface area contributed by atoms with E-state index in [9.17, 15) is 96.6 Å². The van der Waals surface area contributed by atoms with E-state index in [1.807, 2.05) is 0 Å². The van der Waals surface area contributed by atoms with Crippen LogP contribution in [-0.4, -0.2) is 63.7 Å². The summed E-state index contributed by atoms with van der Waals surface area (Å²) in [5.74, 6) is 0. The van der Waals surface area contributed by atoms with E-state index >= 15 is 0 Å². The van der Waals surface area contributed by atoms with Crippen LogP contribution >= 0.6 is 22.6 Å². The maximum atomic E-state index is 13.3. The number of halogens is 23. The Morgan fingerprint density at radius 2 is 0.780 bits per heavy atom. The van der Waals surface area contributed by atoms with E-state index in [0.29, 0.717) is 0 Å². The molecule has 248 valence electrons. The van der Waals surface area contributed by atoms with Gasteiger partial charge in [-0.1, -0.05) is 28.7 Å². The predicted molar refractivity (Wildman–Crippen MR) is 104 cm³/mol. The maximum Gasteiger partial charge on any atom is 0.431 e. The van der Waals surface area contributed by atoms with Gasteiger partial charge >= 0.3 is 42.7 Å². The quantitative estimate of drug-likeness (QED) is 0.105. The molecule has 0 rings (SSSR count). The molecule has 0 spiro atoms. The van der Waals surface area contributed by atoms with Crippen LogP contribution < -0.4 is 0 Å². The molecule has 0 saturated heterocycles. The number of hydrogen-bond donors (Lipinski definition) is 0. The Labute approximate surface area is 228 Å². The lowest BCUT2D eigenvalue weighted by molar-refractivity contribution is -0.343. The van der Waals surface area contributed by atoms with Gasteiger partial charge in [0.25, 0.3) is 5.67 Å². The largest absolute Gasteiger partial charge is 0.431 e. The number of alkyl halides is 23. The Morgan fingerprint density at radius 1 is 0.463 bits per heavy atom. The first-order chi connectivity index (χ1) is 17.3. The van der Waals surface area contributed by atoms with Crippen LogP contribution in [-0.2, 0) is 0 Å². The van der Waals surface area contributed by atoms with Gasteiger partial charge in [-0.15, -0.1) is 0 Å². The van der Waals surface area contributed by atoms with Gasteiger partial charge in [0.2, 0.25) is 11.3 Å². The van der Waals surface area contributed by atoms with Crippen LogP contribution in [0.25, 0.3) is 0 Å². The zero-order valence-corrected chi connectivity index (χ0v) is 21.7. The standard InChI is InChI=1S/C9H8F11I.C9H7F11/c1-5(10,7(12,13)14)2-4(21)3-6(11,8(15,16)17)9(18,19)20;1-5(10,7(12,13)14)3-2-4-6(11,8(15,16)17)9(18,19)20/h4H,2-3H2,1H3;2-3H,4H2,1H3/b;3-2+. The van der Waals surface area contributed by atoms with Gasteiger partial charge in [0, 0.05) is 23.2 Å². The molecule has 0 nitrogen and oxygen atoms in total. The summed E-state index contributed by atoms with van der Waals surface area (Å²) in [6.45, 7) is -0.176. The Balaban J connectivity index is 0. The second-order valence-corrected chi connectivity index (χ2v) is 10.2. The molecule has 3 unspecified atom stereocenters. The van der Waals surface area contributed by atoms with E-state index < -0.39 is 95.1 Å². The lowest BCUT2D eigenvalue weighted by atomic mass is 9.92. The summed E-state index contributed by atoms with van der Waals surface area (Å²) >= 11 is 0.732. The van der Waals surface area contributed by atoms with E-state index in [2.05, 4.69) is 0 Å². The molecule has 0 radical (unpaired) electrons. The molecule has 0 fully saturated rings. The van der Waals surface area contributed by atoms with Gasteiger partial charge in [-0.05, 0) is 19.9 Å². The fourth-order valence-electron chi connectivity index (χ4n) is 2.23. The second kappa shape index (κ2) is 12.5. The van der Waals surface area contributed by atoms with Crippen molar-refractivity contribution in [1.82, 2.24) is 0 Å². The highest BCUT2D eigenvalue weighted by atomic mass is 127. The lowest BCUT2D eigenvalue weighted by Gasteiger charge is -2.33. The molecule has 0 aliphatic heterocycles. The first kappa shape index (κ1) is 42.1. The molecule has 3 atom stereocenters. The Morgan fingerprint density at radius 3 is 1.02 bits per heavy atom.